The first-order valence-electron chi connectivity index (χ1n) is 6.99. The summed E-state index contributed by atoms with van der Waals surface area (Å²) in [5.74, 6) is 1.72. The predicted molar refractivity (Wildman–Crippen MR) is 77.0 cm³/mol. The monoisotopic (exact) mass is 264 g/mol. The summed E-state index contributed by atoms with van der Waals surface area (Å²) in [6, 6.07) is 7.89. The molecule has 4 nitrogen and oxygen atoms in total. The minimum Gasteiger partial charge on any atom is -0.490 e. The molecule has 106 valence electrons. The molecule has 1 aromatic carbocycles. The number of hydrogen-bond donors (Lipinski definition) is 1. The molecule has 0 bridgehead atoms. The number of para-hydroxylation sites is 2. The Bertz CT molecular complexity index is 382. The molecular weight excluding hydrogens is 240 g/mol. The van der Waals surface area contributed by atoms with Crippen LogP contribution in [0.15, 0.2) is 24.3 Å². The highest BCUT2D eigenvalue weighted by Gasteiger charge is 2.17. The van der Waals surface area contributed by atoms with Gasteiger partial charge in [-0.05, 0) is 45.7 Å². The van der Waals surface area contributed by atoms with Crippen molar-refractivity contribution in [3.05, 3.63) is 24.3 Å². The van der Waals surface area contributed by atoms with E-state index in [9.17, 15) is 0 Å². The second-order valence-electron chi connectivity index (χ2n) is 5.18. The van der Waals surface area contributed by atoms with Crippen molar-refractivity contribution in [2.24, 2.45) is 0 Å². The SMILES string of the molecule is CN(C)CCCNCC1CCOc2ccccc2O1. The molecule has 0 saturated carbocycles. The summed E-state index contributed by atoms with van der Waals surface area (Å²) in [5, 5.41) is 3.46. The topological polar surface area (TPSA) is 33.7 Å². The van der Waals surface area contributed by atoms with Gasteiger partial charge in [-0.1, -0.05) is 12.1 Å². The normalized spacial score (nSPS) is 18.4. The third-order valence-electron chi connectivity index (χ3n) is 3.17. The van der Waals surface area contributed by atoms with Gasteiger partial charge in [0.15, 0.2) is 11.5 Å². The molecule has 4 heteroatoms. The lowest BCUT2D eigenvalue weighted by Crippen LogP contribution is -2.33. The van der Waals surface area contributed by atoms with Crippen molar-refractivity contribution in [3.63, 3.8) is 0 Å². The highest BCUT2D eigenvalue weighted by atomic mass is 16.5. The summed E-state index contributed by atoms with van der Waals surface area (Å²) in [6.07, 6.45) is 2.28. The van der Waals surface area contributed by atoms with Crippen molar-refractivity contribution in [1.29, 1.82) is 0 Å². The summed E-state index contributed by atoms with van der Waals surface area (Å²) in [4.78, 5) is 2.20. The Kier molecular flexibility index (Phi) is 5.48. The van der Waals surface area contributed by atoms with Gasteiger partial charge in [-0.3, -0.25) is 0 Å². The van der Waals surface area contributed by atoms with Crippen LogP contribution in [-0.2, 0) is 0 Å². The Morgan fingerprint density at radius 2 is 2.05 bits per heavy atom. The van der Waals surface area contributed by atoms with Crippen LogP contribution in [0, 0.1) is 0 Å². The first-order valence-corrected chi connectivity index (χ1v) is 6.99. The van der Waals surface area contributed by atoms with Crippen LogP contribution < -0.4 is 14.8 Å². The summed E-state index contributed by atoms with van der Waals surface area (Å²) in [5.41, 5.74) is 0. The van der Waals surface area contributed by atoms with Gasteiger partial charge in [0.25, 0.3) is 0 Å². The number of benzene rings is 1. The van der Waals surface area contributed by atoms with E-state index in [1.54, 1.807) is 0 Å². The number of fused-ring (bicyclic) bond motifs is 1. The lowest BCUT2D eigenvalue weighted by atomic mass is 10.2. The summed E-state index contributed by atoms with van der Waals surface area (Å²) in [6.45, 7) is 3.75. The molecular formula is C15H24N2O2. The van der Waals surface area contributed by atoms with Gasteiger partial charge in [-0.25, -0.2) is 0 Å². The third kappa shape index (κ3) is 4.73. The molecule has 0 fully saturated rings. The Morgan fingerprint density at radius 3 is 2.84 bits per heavy atom. The van der Waals surface area contributed by atoms with Gasteiger partial charge in [-0.2, -0.15) is 0 Å². The zero-order chi connectivity index (χ0) is 13.5. The zero-order valence-corrected chi connectivity index (χ0v) is 11.9. The van der Waals surface area contributed by atoms with Crippen LogP contribution >= 0.6 is 0 Å². The maximum Gasteiger partial charge on any atom is 0.161 e. The summed E-state index contributed by atoms with van der Waals surface area (Å²) < 4.78 is 11.7. The summed E-state index contributed by atoms with van der Waals surface area (Å²) >= 11 is 0. The van der Waals surface area contributed by atoms with Crippen LogP contribution in [0.25, 0.3) is 0 Å². The number of nitrogens with one attached hydrogen (secondary N) is 1. The van der Waals surface area contributed by atoms with Gasteiger partial charge in [0.05, 0.1) is 6.61 Å². The minimum absolute atomic E-state index is 0.197. The van der Waals surface area contributed by atoms with Crippen molar-refractivity contribution in [2.45, 2.75) is 18.9 Å². The first kappa shape index (κ1) is 14.2. The maximum atomic E-state index is 5.99. The molecule has 1 N–H and O–H groups in total. The maximum absolute atomic E-state index is 5.99. The van der Waals surface area contributed by atoms with Crippen molar-refractivity contribution >= 4 is 0 Å². The molecule has 1 atom stereocenters. The molecule has 1 aromatic rings. The fourth-order valence-corrected chi connectivity index (χ4v) is 2.13. The van der Waals surface area contributed by atoms with E-state index < -0.39 is 0 Å². The standard InChI is InChI=1S/C15H24N2O2/c1-17(2)10-5-9-16-12-13-8-11-18-14-6-3-4-7-15(14)19-13/h3-4,6-7,13,16H,5,8-12H2,1-2H3. The molecule has 1 unspecified atom stereocenters. The van der Waals surface area contributed by atoms with Gasteiger partial charge in [0.2, 0.25) is 0 Å². The van der Waals surface area contributed by atoms with E-state index in [4.69, 9.17) is 9.47 Å². The second kappa shape index (κ2) is 7.36. The van der Waals surface area contributed by atoms with Crippen LogP contribution in [0.4, 0.5) is 0 Å². The number of nitrogens with zero attached hydrogens (tertiary/aromatic N) is 1. The fraction of sp³-hybridized carbons (Fsp3) is 0.600. The number of rotatable bonds is 6. The summed E-state index contributed by atoms with van der Waals surface area (Å²) in [7, 11) is 4.20. The van der Waals surface area contributed by atoms with E-state index in [0.29, 0.717) is 0 Å². The van der Waals surface area contributed by atoms with Gasteiger partial charge < -0.3 is 19.7 Å². The first-order chi connectivity index (χ1) is 9.25. The Morgan fingerprint density at radius 1 is 1.26 bits per heavy atom. The molecule has 0 radical (unpaired) electrons. The van der Waals surface area contributed by atoms with E-state index in [0.717, 1.165) is 50.6 Å². The highest BCUT2D eigenvalue weighted by Crippen LogP contribution is 2.30. The van der Waals surface area contributed by atoms with E-state index in [1.807, 2.05) is 24.3 Å². The zero-order valence-electron chi connectivity index (χ0n) is 11.9. The minimum atomic E-state index is 0.197. The molecule has 19 heavy (non-hydrogen) atoms. The van der Waals surface area contributed by atoms with E-state index in [-0.39, 0.29) is 6.10 Å². The molecule has 0 aliphatic carbocycles. The second-order valence-corrected chi connectivity index (χ2v) is 5.18. The molecule has 0 saturated heterocycles. The Hall–Kier alpha value is -1.26. The van der Waals surface area contributed by atoms with Crippen LogP contribution in [0.5, 0.6) is 11.5 Å². The molecule has 2 rings (SSSR count). The number of hydrogen-bond acceptors (Lipinski definition) is 4. The molecule has 1 heterocycles. The van der Waals surface area contributed by atoms with E-state index >= 15 is 0 Å². The van der Waals surface area contributed by atoms with Crippen molar-refractivity contribution in [3.8, 4) is 11.5 Å². The predicted octanol–water partition coefficient (Wildman–Crippen LogP) is 1.76. The highest BCUT2D eigenvalue weighted by molar-refractivity contribution is 5.40. The van der Waals surface area contributed by atoms with Gasteiger partial charge in [-0.15, -0.1) is 0 Å². The van der Waals surface area contributed by atoms with E-state index in [2.05, 4.69) is 24.3 Å². The lowest BCUT2D eigenvalue weighted by Gasteiger charge is -2.17. The molecule has 0 aromatic heterocycles. The average Bonchev–Trinajstić information content (AvgIpc) is 2.59. The molecule has 1 aliphatic heterocycles. The lowest BCUT2D eigenvalue weighted by molar-refractivity contribution is 0.187. The van der Waals surface area contributed by atoms with Gasteiger partial charge in [0, 0.05) is 13.0 Å². The average molecular weight is 264 g/mol. The molecule has 0 spiro atoms. The largest absolute Gasteiger partial charge is 0.490 e. The Labute approximate surface area is 115 Å². The number of ether oxygens (including phenoxy) is 2. The Balaban J connectivity index is 1.73. The van der Waals surface area contributed by atoms with Crippen molar-refractivity contribution < 1.29 is 9.47 Å². The van der Waals surface area contributed by atoms with E-state index in [1.165, 1.54) is 0 Å². The third-order valence-corrected chi connectivity index (χ3v) is 3.17. The van der Waals surface area contributed by atoms with Gasteiger partial charge >= 0.3 is 0 Å². The van der Waals surface area contributed by atoms with Crippen LogP contribution in [0.1, 0.15) is 12.8 Å². The van der Waals surface area contributed by atoms with Crippen LogP contribution in [0.3, 0.4) is 0 Å². The fourth-order valence-electron chi connectivity index (χ4n) is 2.13. The van der Waals surface area contributed by atoms with Crippen LogP contribution in [0.2, 0.25) is 0 Å². The smallest absolute Gasteiger partial charge is 0.161 e. The van der Waals surface area contributed by atoms with Gasteiger partial charge in [0.1, 0.15) is 6.10 Å². The van der Waals surface area contributed by atoms with Crippen molar-refractivity contribution in [2.75, 3.05) is 40.3 Å². The van der Waals surface area contributed by atoms with Crippen LogP contribution in [-0.4, -0.2) is 51.3 Å². The molecule has 1 aliphatic rings. The van der Waals surface area contributed by atoms with Crippen molar-refractivity contribution in [1.82, 2.24) is 10.2 Å². The quantitative estimate of drug-likeness (QED) is 0.794. The molecule has 0 amide bonds.